The van der Waals surface area contributed by atoms with Crippen molar-refractivity contribution in [2.75, 3.05) is 6.61 Å². The lowest BCUT2D eigenvalue weighted by molar-refractivity contribution is -0.142. The van der Waals surface area contributed by atoms with Gasteiger partial charge >= 0.3 is 5.97 Å². The third kappa shape index (κ3) is 4.89. The number of ether oxygens (including phenoxy) is 2. The number of para-hydroxylation sites is 1. The van der Waals surface area contributed by atoms with Gasteiger partial charge in [-0.3, -0.25) is 9.48 Å². The van der Waals surface area contributed by atoms with Gasteiger partial charge in [0.2, 0.25) is 5.92 Å². The second-order valence-electron chi connectivity index (χ2n) is 7.68. The lowest BCUT2D eigenvalue weighted by atomic mass is 10.1. The van der Waals surface area contributed by atoms with Gasteiger partial charge < -0.3 is 9.47 Å². The van der Waals surface area contributed by atoms with Crippen molar-refractivity contribution in [3.8, 4) is 5.75 Å². The number of rotatable bonds is 7. The second kappa shape index (κ2) is 8.94. The Hall–Kier alpha value is -2.48. The van der Waals surface area contributed by atoms with Crippen LogP contribution < -0.4 is 4.74 Å². The summed E-state index contributed by atoms with van der Waals surface area (Å²) >= 11 is 3.48. The second-order valence-corrected chi connectivity index (χ2v) is 8.60. The Bertz CT molecular complexity index is 1100. The number of alkyl halides is 2. The van der Waals surface area contributed by atoms with Gasteiger partial charge in [-0.05, 0) is 37.6 Å². The molecule has 0 saturated heterocycles. The van der Waals surface area contributed by atoms with E-state index in [0.717, 1.165) is 20.9 Å². The van der Waals surface area contributed by atoms with E-state index in [1.54, 1.807) is 17.7 Å². The molecule has 1 aromatic heterocycles. The van der Waals surface area contributed by atoms with Crippen molar-refractivity contribution in [3.63, 3.8) is 0 Å². The number of carbonyl (C=O) groups is 1. The summed E-state index contributed by atoms with van der Waals surface area (Å²) in [5.74, 6) is -2.40. The molecule has 5 nitrogen and oxygen atoms in total. The summed E-state index contributed by atoms with van der Waals surface area (Å²) in [7, 11) is 0. The summed E-state index contributed by atoms with van der Waals surface area (Å²) in [5, 5.41) is 5.51. The quantitative estimate of drug-likeness (QED) is 0.388. The highest BCUT2D eigenvalue weighted by molar-refractivity contribution is 9.10. The van der Waals surface area contributed by atoms with Gasteiger partial charge in [0.15, 0.2) is 0 Å². The molecule has 1 saturated carbocycles. The van der Waals surface area contributed by atoms with Crippen molar-refractivity contribution in [2.24, 2.45) is 0 Å². The molecule has 0 amide bonds. The Morgan fingerprint density at radius 3 is 2.84 bits per heavy atom. The number of fused-ring (bicyclic) bond motifs is 1. The van der Waals surface area contributed by atoms with Gasteiger partial charge in [-0.1, -0.05) is 34.1 Å². The molecule has 1 heterocycles. The van der Waals surface area contributed by atoms with Crippen LogP contribution in [0.2, 0.25) is 0 Å². The topological polar surface area (TPSA) is 53.4 Å². The first-order chi connectivity index (χ1) is 14.9. The van der Waals surface area contributed by atoms with Gasteiger partial charge in [0, 0.05) is 28.3 Å². The van der Waals surface area contributed by atoms with E-state index in [4.69, 9.17) is 9.47 Å². The highest BCUT2D eigenvalue weighted by Crippen LogP contribution is 2.42. The summed E-state index contributed by atoms with van der Waals surface area (Å²) in [6.45, 7) is 2.24. The number of esters is 1. The van der Waals surface area contributed by atoms with Crippen molar-refractivity contribution in [1.82, 2.24) is 9.78 Å². The maximum absolute atomic E-state index is 13.8. The first-order valence-electron chi connectivity index (χ1n) is 10.3. The van der Waals surface area contributed by atoms with Crippen LogP contribution in [0.4, 0.5) is 8.78 Å². The van der Waals surface area contributed by atoms with Crippen molar-refractivity contribution >= 4 is 32.8 Å². The van der Waals surface area contributed by atoms with E-state index in [1.807, 2.05) is 36.4 Å². The van der Waals surface area contributed by atoms with E-state index in [2.05, 4.69) is 21.0 Å². The van der Waals surface area contributed by atoms with Crippen molar-refractivity contribution in [3.05, 3.63) is 58.2 Å². The fourth-order valence-electron chi connectivity index (χ4n) is 4.00. The number of nitrogens with zero attached hydrogens (tertiary/aromatic N) is 2. The van der Waals surface area contributed by atoms with Crippen LogP contribution >= 0.6 is 15.9 Å². The molecular weight excluding hydrogens is 470 g/mol. The van der Waals surface area contributed by atoms with E-state index in [-0.39, 0.29) is 37.9 Å². The monoisotopic (exact) mass is 492 g/mol. The van der Waals surface area contributed by atoms with E-state index >= 15 is 0 Å². The number of aromatic nitrogens is 2. The van der Waals surface area contributed by atoms with Gasteiger partial charge in [0.25, 0.3) is 0 Å². The first-order valence-corrected chi connectivity index (χ1v) is 11.1. The first kappa shape index (κ1) is 21.7. The van der Waals surface area contributed by atoms with Crippen LogP contribution in [0.1, 0.15) is 43.5 Å². The molecule has 1 atom stereocenters. The van der Waals surface area contributed by atoms with Gasteiger partial charge in [0.1, 0.15) is 18.1 Å². The predicted octanol–water partition coefficient (Wildman–Crippen LogP) is 5.84. The van der Waals surface area contributed by atoms with Gasteiger partial charge in [-0.25, -0.2) is 8.78 Å². The molecule has 164 valence electrons. The Morgan fingerprint density at radius 2 is 2.10 bits per heavy atom. The SMILES string of the molecule is CCOC(=O)Cc1ccccc1OCc1nn(C2CCC(F)(F)C2)c2ccc(Br)cc12. The minimum atomic E-state index is -2.65. The lowest BCUT2D eigenvalue weighted by Crippen LogP contribution is -2.13. The minimum Gasteiger partial charge on any atom is -0.487 e. The molecule has 4 rings (SSSR count). The number of hydrogen-bond acceptors (Lipinski definition) is 4. The van der Waals surface area contributed by atoms with E-state index < -0.39 is 5.92 Å². The zero-order chi connectivity index (χ0) is 22.0. The van der Waals surface area contributed by atoms with Crippen molar-refractivity contribution in [1.29, 1.82) is 0 Å². The maximum atomic E-state index is 13.8. The average molecular weight is 493 g/mol. The van der Waals surface area contributed by atoms with Gasteiger partial charge in [-0.2, -0.15) is 5.10 Å². The molecule has 2 aromatic carbocycles. The fourth-order valence-corrected chi connectivity index (χ4v) is 4.36. The van der Waals surface area contributed by atoms with E-state index in [1.165, 1.54) is 0 Å². The Kier molecular flexibility index (Phi) is 6.27. The maximum Gasteiger partial charge on any atom is 0.310 e. The van der Waals surface area contributed by atoms with Gasteiger partial charge in [-0.15, -0.1) is 0 Å². The third-order valence-electron chi connectivity index (χ3n) is 5.45. The van der Waals surface area contributed by atoms with E-state index in [9.17, 15) is 13.6 Å². The molecule has 0 aliphatic heterocycles. The summed E-state index contributed by atoms with van der Waals surface area (Å²) < 4.78 is 41.3. The van der Waals surface area contributed by atoms with Crippen LogP contribution in [0.15, 0.2) is 46.9 Å². The van der Waals surface area contributed by atoms with Gasteiger partial charge in [0.05, 0.1) is 24.6 Å². The largest absolute Gasteiger partial charge is 0.487 e. The molecule has 3 aromatic rings. The number of carbonyl (C=O) groups excluding carboxylic acids is 1. The van der Waals surface area contributed by atoms with Crippen molar-refractivity contribution < 1.29 is 23.0 Å². The normalized spacial score (nSPS) is 17.7. The fraction of sp³-hybridized carbons (Fsp3) is 0.391. The predicted molar refractivity (Wildman–Crippen MR) is 116 cm³/mol. The zero-order valence-electron chi connectivity index (χ0n) is 17.1. The van der Waals surface area contributed by atoms with Crippen molar-refractivity contribution in [2.45, 2.75) is 51.2 Å². The summed E-state index contributed by atoms with van der Waals surface area (Å²) in [6.07, 6.45) is 0.176. The Labute approximate surface area is 187 Å². The molecule has 1 aliphatic rings. The third-order valence-corrected chi connectivity index (χ3v) is 5.94. The molecule has 31 heavy (non-hydrogen) atoms. The average Bonchev–Trinajstić information content (AvgIpc) is 3.26. The minimum absolute atomic E-state index is 0.113. The van der Waals surface area contributed by atoms with Crippen LogP contribution in [0.5, 0.6) is 5.75 Å². The van der Waals surface area contributed by atoms with Crippen LogP contribution in [0.25, 0.3) is 10.9 Å². The molecule has 0 radical (unpaired) electrons. The highest BCUT2D eigenvalue weighted by Gasteiger charge is 2.41. The number of halogens is 3. The van der Waals surface area contributed by atoms with E-state index in [0.29, 0.717) is 24.5 Å². The summed E-state index contributed by atoms with van der Waals surface area (Å²) in [6, 6.07) is 12.6. The number of hydrogen-bond donors (Lipinski definition) is 0. The zero-order valence-corrected chi connectivity index (χ0v) is 18.7. The molecular formula is C23H23BrF2N2O3. The molecule has 0 N–H and O–H groups in total. The summed E-state index contributed by atoms with van der Waals surface area (Å²) in [5.41, 5.74) is 2.20. The molecule has 1 aliphatic carbocycles. The van der Waals surface area contributed by atoms with Crippen LogP contribution in [-0.2, 0) is 22.6 Å². The van der Waals surface area contributed by atoms with Crippen LogP contribution in [-0.4, -0.2) is 28.3 Å². The van der Waals surface area contributed by atoms with Crippen LogP contribution in [0, 0.1) is 0 Å². The Morgan fingerprint density at radius 1 is 1.29 bits per heavy atom. The molecule has 1 unspecified atom stereocenters. The summed E-state index contributed by atoms with van der Waals surface area (Å²) in [4.78, 5) is 11.9. The standard InChI is InChI=1S/C23H23BrF2N2O3/c1-2-30-22(29)11-15-5-3-4-6-21(15)31-14-19-18-12-16(24)7-8-20(18)28(27-19)17-9-10-23(25,26)13-17/h3-8,12,17H,2,9-11,13-14H2,1H3. The number of benzene rings is 2. The highest BCUT2D eigenvalue weighted by atomic mass is 79.9. The smallest absolute Gasteiger partial charge is 0.310 e. The molecule has 0 bridgehead atoms. The molecule has 1 fully saturated rings. The van der Waals surface area contributed by atoms with Crippen LogP contribution in [0.3, 0.4) is 0 Å². The Balaban J connectivity index is 1.60. The molecule has 8 heteroatoms. The lowest BCUT2D eigenvalue weighted by Gasteiger charge is -2.12. The molecule has 0 spiro atoms.